The van der Waals surface area contributed by atoms with E-state index in [2.05, 4.69) is 55.5 Å². The third kappa shape index (κ3) is 11.9. The second-order valence-corrected chi connectivity index (χ2v) is 6.76. The molecular weight excluding hydrogens is 436 g/mol. The van der Waals surface area contributed by atoms with Gasteiger partial charge in [-0.25, -0.2) is 36.4 Å². The van der Waals surface area contributed by atoms with Crippen molar-refractivity contribution in [3.8, 4) is 0 Å². The zero-order valence-corrected chi connectivity index (χ0v) is 19.4. The van der Waals surface area contributed by atoms with Gasteiger partial charge in [-0.15, -0.1) is 0 Å². The Morgan fingerprint density at radius 1 is 0.621 bits per heavy atom. The van der Waals surface area contributed by atoms with E-state index in [9.17, 15) is 0 Å². The molecule has 4 rings (SSSR count). The molecule has 0 aromatic heterocycles. The molecule has 0 aliphatic heterocycles. The minimum atomic E-state index is 0. The topological polar surface area (TPSA) is 0 Å². The van der Waals surface area contributed by atoms with Crippen LogP contribution in [0.25, 0.3) is 0 Å². The Morgan fingerprint density at radius 3 is 1.41 bits per heavy atom. The molecular formula is C27H32Fe2-8. The quantitative estimate of drug-likeness (QED) is 0.146. The predicted octanol–water partition coefficient (Wildman–Crippen LogP) is 8.03. The van der Waals surface area contributed by atoms with Crippen LogP contribution in [0.2, 0.25) is 0 Å². The number of hydrogen-bond acceptors (Lipinski definition) is 0. The standard InChI is InChI=1S/C17H22.2C5H5.2Fe/c1-2-3-4-5-14-17(15-10-6-7-11-15)16-12-8-9-13-16;2*1-2-4-5-3-1;;/h6-13,17H,2-5,14H2,1H3;2*1-5H;;/q-2;-5;-1;;. The summed E-state index contributed by atoms with van der Waals surface area (Å²) in [4.78, 5) is 0. The average Bonchev–Trinajstić information content (AvgIpc) is 3.52. The Kier molecular flexibility index (Phi) is 17.5. The van der Waals surface area contributed by atoms with Crippen molar-refractivity contribution in [3.63, 3.8) is 0 Å². The third-order valence-corrected chi connectivity index (χ3v) is 4.64. The first-order valence-corrected chi connectivity index (χ1v) is 10.2. The molecule has 4 aromatic carbocycles. The molecule has 164 valence electrons. The molecule has 4 aromatic rings. The summed E-state index contributed by atoms with van der Waals surface area (Å²) >= 11 is 0. The molecule has 0 amide bonds. The SMILES string of the molecule is CCCCCCC([c-]1cccc1)[c-]1cccc1.[Fe].[Fe].[cH-]1[cH-][cH-][cH-][cH-]1.c1cc[cH-]c1. The first-order valence-electron chi connectivity index (χ1n) is 10.2. The normalized spacial score (nSPS) is 9.31. The first kappa shape index (κ1) is 27.4. The molecule has 0 nitrogen and oxygen atoms in total. The molecule has 29 heavy (non-hydrogen) atoms. The van der Waals surface area contributed by atoms with Crippen LogP contribution in [0.1, 0.15) is 56.1 Å². The van der Waals surface area contributed by atoms with Crippen molar-refractivity contribution in [2.24, 2.45) is 0 Å². The van der Waals surface area contributed by atoms with Crippen molar-refractivity contribution in [1.29, 1.82) is 0 Å². The number of hydrogen-bond donors (Lipinski definition) is 0. The van der Waals surface area contributed by atoms with Gasteiger partial charge in [0.2, 0.25) is 0 Å². The van der Waals surface area contributed by atoms with Crippen LogP contribution in [-0.2, 0) is 34.1 Å². The molecule has 0 spiro atoms. The molecule has 0 saturated heterocycles. The van der Waals surface area contributed by atoms with Crippen molar-refractivity contribution in [3.05, 3.63) is 120 Å². The zero-order valence-electron chi connectivity index (χ0n) is 17.2. The number of unbranched alkanes of at least 4 members (excludes halogenated alkanes) is 3. The fourth-order valence-electron chi connectivity index (χ4n) is 3.18. The molecule has 0 bridgehead atoms. The first-order chi connectivity index (χ1) is 13.4. The third-order valence-electron chi connectivity index (χ3n) is 4.64. The minimum absolute atomic E-state index is 0. The largest absolute Gasteiger partial charge is 0.748 e. The molecule has 0 aliphatic rings. The van der Waals surface area contributed by atoms with Crippen LogP contribution >= 0.6 is 0 Å². The monoisotopic (exact) mass is 468 g/mol. The molecule has 0 heterocycles. The zero-order chi connectivity index (χ0) is 19.0. The molecule has 0 atom stereocenters. The van der Waals surface area contributed by atoms with Gasteiger partial charge in [-0.3, -0.25) is 0 Å². The van der Waals surface area contributed by atoms with Crippen LogP contribution in [0.15, 0.2) is 109 Å². The van der Waals surface area contributed by atoms with Crippen molar-refractivity contribution < 1.29 is 34.1 Å². The van der Waals surface area contributed by atoms with Crippen molar-refractivity contribution >= 4 is 0 Å². The van der Waals surface area contributed by atoms with Crippen LogP contribution in [0, 0.1) is 0 Å². The second-order valence-electron chi connectivity index (χ2n) is 6.76. The van der Waals surface area contributed by atoms with Crippen LogP contribution in [0.4, 0.5) is 0 Å². The molecule has 0 radical (unpaired) electrons. The van der Waals surface area contributed by atoms with Gasteiger partial charge in [-0.05, 0) is 0 Å². The molecule has 0 fully saturated rings. The Balaban J connectivity index is 0.000000537. The van der Waals surface area contributed by atoms with Crippen LogP contribution in [0.5, 0.6) is 0 Å². The van der Waals surface area contributed by atoms with Gasteiger partial charge in [0.1, 0.15) is 0 Å². The Bertz CT molecular complexity index is 622. The van der Waals surface area contributed by atoms with Gasteiger partial charge < -0.3 is 30.3 Å². The second kappa shape index (κ2) is 18.5. The van der Waals surface area contributed by atoms with E-state index in [1.54, 1.807) is 0 Å². The van der Waals surface area contributed by atoms with Crippen LogP contribution < -0.4 is 0 Å². The van der Waals surface area contributed by atoms with E-state index in [0.29, 0.717) is 5.92 Å². The van der Waals surface area contributed by atoms with Gasteiger partial charge in [-0.1, -0.05) is 44.9 Å². The van der Waals surface area contributed by atoms with Gasteiger partial charge in [0.25, 0.3) is 0 Å². The summed E-state index contributed by atoms with van der Waals surface area (Å²) < 4.78 is 0. The van der Waals surface area contributed by atoms with Gasteiger partial charge in [-0.2, -0.15) is 53.6 Å². The maximum Gasteiger partial charge on any atom is 0 e. The summed E-state index contributed by atoms with van der Waals surface area (Å²) in [5, 5.41) is 0. The van der Waals surface area contributed by atoms with E-state index < -0.39 is 0 Å². The summed E-state index contributed by atoms with van der Waals surface area (Å²) in [6.07, 6.45) is 6.68. The summed E-state index contributed by atoms with van der Waals surface area (Å²) in [6.45, 7) is 2.27. The van der Waals surface area contributed by atoms with Crippen LogP contribution in [0.3, 0.4) is 0 Å². The minimum Gasteiger partial charge on any atom is -0.748 e. The summed E-state index contributed by atoms with van der Waals surface area (Å²) in [6, 6.07) is 37.6. The van der Waals surface area contributed by atoms with Gasteiger partial charge >= 0.3 is 0 Å². The summed E-state index contributed by atoms with van der Waals surface area (Å²) in [7, 11) is 0. The van der Waals surface area contributed by atoms with E-state index >= 15 is 0 Å². The smallest absolute Gasteiger partial charge is 0 e. The summed E-state index contributed by atoms with van der Waals surface area (Å²) in [5.74, 6) is 0.608. The van der Waals surface area contributed by atoms with E-state index in [1.165, 1.54) is 43.2 Å². The van der Waals surface area contributed by atoms with E-state index in [0.717, 1.165) is 0 Å². The van der Waals surface area contributed by atoms with Crippen molar-refractivity contribution in [1.82, 2.24) is 0 Å². The molecule has 0 unspecified atom stereocenters. The van der Waals surface area contributed by atoms with Gasteiger partial charge in [0, 0.05) is 34.1 Å². The predicted molar refractivity (Wildman–Crippen MR) is 119 cm³/mol. The number of rotatable bonds is 7. The van der Waals surface area contributed by atoms with Crippen LogP contribution in [-0.4, -0.2) is 0 Å². The van der Waals surface area contributed by atoms with E-state index in [-0.39, 0.29) is 34.1 Å². The Labute approximate surface area is 198 Å². The van der Waals surface area contributed by atoms with Crippen molar-refractivity contribution in [2.75, 3.05) is 0 Å². The van der Waals surface area contributed by atoms with E-state index in [1.807, 2.05) is 60.7 Å². The van der Waals surface area contributed by atoms with Gasteiger partial charge in [0.05, 0.1) is 0 Å². The average molecular weight is 468 g/mol. The maximum atomic E-state index is 2.27. The molecule has 0 N–H and O–H groups in total. The molecule has 0 saturated carbocycles. The Morgan fingerprint density at radius 2 is 1.07 bits per heavy atom. The maximum absolute atomic E-state index is 2.27. The fraction of sp³-hybridized carbons (Fsp3) is 0.259. The Hall–Kier alpha value is -1.56. The summed E-state index contributed by atoms with van der Waals surface area (Å²) in [5.41, 5.74) is 2.96. The van der Waals surface area contributed by atoms with Crippen molar-refractivity contribution in [2.45, 2.75) is 44.9 Å². The van der Waals surface area contributed by atoms with E-state index in [4.69, 9.17) is 0 Å². The molecule has 2 heteroatoms. The fourth-order valence-corrected chi connectivity index (χ4v) is 3.18. The molecule has 0 aliphatic carbocycles. The van der Waals surface area contributed by atoms with Gasteiger partial charge in [0.15, 0.2) is 0 Å².